The Morgan fingerprint density at radius 3 is 2.44 bits per heavy atom. The Kier molecular flexibility index (Phi) is 7.76. The minimum Gasteiger partial charge on any atom is -0.385 e. The molecule has 0 aromatic heterocycles. The largest absolute Gasteiger partial charge is 0.385 e. The molecule has 4 nitrogen and oxygen atoms in total. The Bertz CT molecular complexity index is 158. The molecule has 0 unspecified atom stereocenters. The van der Waals surface area contributed by atoms with Crippen molar-refractivity contribution >= 4 is 0 Å². The summed E-state index contributed by atoms with van der Waals surface area (Å²) in [6.45, 7) is 2.91. The molecule has 16 heavy (non-hydrogen) atoms. The highest BCUT2D eigenvalue weighted by atomic mass is 16.5. The van der Waals surface area contributed by atoms with Crippen LogP contribution in [0, 0.1) is 0 Å². The molecule has 0 bridgehead atoms. The molecule has 0 aliphatic heterocycles. The smallest absolute Gasteiger partial charge is 0.0704 e. The van der Waals surface area contributed by atoms with Crippen LogP contribution in [0.2, 0.25) is 0 Å². The van der Waals surface area contributed by atoms with Crippen LogP contribution in [0.5, 0.6) is 0 Å². The van der Waals surface area contributed by atoms with Gasteiger partial charge in [-0.3, -0.25) is 0 Å². The lowest BCUT2D eigenvalue weighted by atomic mass is 9.94. The molecule has 1 fully saturated rings. The molecule has 4 heteroatoms. The Balaban J connectivity index is 1.84. The van der Waals surface area contributed by atoms with Crippen molar-refractivity contribution in [2.45, 2.75) is 44.2 Å². The molecule has 0 heterocycles. The van der Waals surface area contributed by atoms with E-state index in [1.165, 1.54) is 0 Å². The van der Waals surface area contributed by atoms with Gasteiger partial charge < -0.3 is 19.9 Å². The summed E-state index contributed by atoms with van der Waals surface area (Å²) in [5.74, 6) is 0. The fraction of sp³-hybridized carbons (Fsp3) is 1.00. The maximum atomic E-state index is 5.83. The molecule has 1 saturated carbocycles. The highest BCUT2D eigenvalue weighted by molar-refractivity contribution is 4.74. The van der Waals surface area contributed by atoms with Crippen LogP contribution < -0.4 is 5.73 Å². The minimum absolute atomic E-state index is 0.394. The van der Waals surface area contributed by atoms with E-state index < -0.39 is 0 Å². The number of hydrogen-bond donors (Lipinski definition) is 1. The molecule has 0 aromatic carbocycles. The van der Waals surface area contributed by atoms with Crippen LogP contribution in [0.15, 0.2) is 0 Å². The van der Waals surface area contributed by atoms with Gasteiger partial charge in [-0.2, -0.15) is 0 Å². The van der Waals surface area contributed by atoms with Crippen LogP contribution in [0.25, 0.3) is 0 Å². The van der Waals surface area contributed by atoms with Crippen molar-refractivity contribution in [1.29, 1.82) is 0 Å². The lowest BCUT2D eigenvalue weighted by molar-refractivity contribution is -0.0143. The van der Waals surface area contributed by atoms with Gasteiger partial charge in [0.2, 0.25) is 0 Å². The van der Waals surface area contributed by atoms with Crippen LogP contribution in [0.4, 0.5) is 0 Å². The van der Waals surface area contributed by atoms with Gasteiger partial charge in [-0.25, -0.2) is 0 Å². The molecular formula is C12H25NO3. The van der Waals surface area contributed by atoms with E-state index in [0.29, 0.717) is 25.4 Å². The second-order valence-electron chi connectivity index (χ2n) is 4.37. The zero-order valence-electron chi connectivity index (χ0n) is 10.3. The summed E-state index contributed by atoms with van der Waals surface area (Å²) >= 11 is 0. The van der Waals surface area contributed by atoms with Gasteiger partial charge in [0.1, 0.15) is 0 Å². The van der Waals surface area contributed by atoms with Gasteiger partial charge in [0.05, 0.1) is 19.3 Å². The molecule has 0 spiro atoms. The Hall–Kier alpha value is -0.160. The molecule has 1 aliphatic carbocycles. The number of hydrogen-bond acceptors (Lipinski definition) is 4. The molecule has 0 radical (unpaired) electrons. The second-order valence-corrected chi connectivity index (χ2v) is 4.37. The van der Waals surface area contributed by atoms with Gasteiger partial charge in [-0.05, 0) is 32.1 Å². The average Bonchev–Trinajstić information content (AvgIpc) is 2.30. The molecule has 0 saturated heterocycles. The third-order valence-corrected chi connectivity index (χ3v) is 2.94. The Morgan fingerprint density at radius 1 is 1.00 bits per heavy atom. The number of ether oxygens (including phenoxy) is 3. The molecule has 1 aliphatic rings. The van der Waals surface area contributed by atoms with Crippen molar-refractivity contribution in [3.63, 3.8) is 0 Å². The summed E-state index contributed by atoms with van der Waals surface area (Å²) in [5, 5.41) is 0. The first-order valence-corrected chi connectivity index (χ1v) is 6.26. The molecule has 0 aromatic rings. The number of nitrogens with two attached hydrogens (primary N) is 1. The number of methoxy groups -OCH3 is 1. The summed E-state index contributed by atoms with van der Waals surface area (Å²) in [5.41, 5.74) is 5.83. The third-order valence-electron chi connectivity index (χ3n) is 2.94. The normalized spacial score (nSPS) is 25.9. The van der Waals surface area contributed by atoms with Crippen molar-refractivity contribution < 1.29 is 14.2 Å². The van der Waals surface area contributed by atoms with E-state index in [1.54, 1.807) is 7.11 Å². The van der Waals surface area contributed by atoms with E-state index in [1.807, 2.05) is 0 Å². The molecular weight excluding hydrogens is 206 g/mol. The molecule has 96 valence electrons. The first-order chi connectivity index (χ1) is 7.83. The van der Waals surface area contributed by atoms with E-state index in [9.17, 15) is 0 Å². The van der Waals surface area contributed by atoms with Gasteiger partial charge in [-0.1, -0.05) is 0 Å². The highest BCUT2D eigenvalue weighted by Crippen LogP contribution is 2.19. The van der Waals surface area contributed by atoms with Crippen LogP contribution in [0.3, 0.4) is 0 Å². The maximum absolute atomic E-state index is 5.83. The summed E-state index contributed by atoms with van der Waals surface area (Å²) < 4.78 is 16.1. The first-order valence-electron chi connectivity index (χ1n) is 6.26. The standard InChI is InChI=1S/C12H25NO3/c1-14-7-2-8-15-9-10-16-12-5-3-11(13)4-6-12/h11-12H,2-10,13H2,1H3. The summed E-state index contributed by atoms with van der Waals surface area (Å²) in [4.78, 5) is 0. The monoisotopic (exact) mass is 231 g/mol. The maximum Gasteiger partial charge on any atom is 0.0704 e. The topological polar surface area (TPSA) is 53.7 Å². The predicted octanol–water partition coefficient (Wildman–Crippen LogP) is 1.33. The van der Waals surface area contributed by atoms with E-state index in [4.69, 9.17) is 19.9 Å². The van der Waals surface area contributed by atoms with E-state index in [0.717, 1.165) is 45.3 Å². The van der Waals surface area contributed by atoms with E-state index in [-0.39, 0.29) is 0 Å². The van der Waals surface area contributed by atoms with Gasteiger partial charge in [0.25, 0.3) is 0 Å². The first kappa shape index (κ1) is 13.9. The summed E-state index contributed by atoms with van der Waals surface area (Å²) in [6, 6.07) is 0.394. The van der Waals surface area contributed by atoms with Crippen molar-refractivity contribution in [1.82, 2.24) is 0 Å². The number of rotatable bonds is 8. The quantitative estimate of drug-likeness (QED) is 0.640. The van der Waals surface area contributed by atoms with Crippen LogP contribution >= 0.6 is 0 Å². The van der Waals surface area contributed by atoms with Gasteiger partial charge >= 0.3 is 0 Å². The summed E-state index contributed by atoms with van der Waals surface area (Å²) in [7, 11) is 1.71. The minimum atomic E-state index is 0.394. The highest BCUT2D eigenvalue weighted by Gasteiger charge is 2.18. The van der Waals surface area contributed by atoms with Gasteiger partial charge in [0.15, 0.2) is 0 Å². The molecule has 0 amide bonds. The fourth-order valence-corrected chi connectivity index (χ4v) is 1.94. The van der Waals surface area contributed by atoms with Gasteiger partial charge in [-0.15, -0.1) is 0 Å². The Labute approximate surface area is 98.4 Å². The van der Waals surface area contributed by atoms with E-state index >= 15 is 0 Å². The average molecular weight is 231 g/mol. The summed E-state index contributed by atoms with van der Waals surface area (Å²) in [6.07, 6.45) is 5.76. The van der Waals surface area contributed by atoms with Crippen molar-refractivity contribution in [2.24, 2.45) is 5.73 Å². The van der Waals surface area contributed by atoms with Gasteiger partial charge in [0, 0.05) is 26.4 Å². The van der Waals surface area contributed by atoms with Crippen molar-refractivity contribution in [3.8, 4) is 0 Å². The van der Waals surface area contributed by atoms with Crippen LogP contribution in [0.1, 0.15) is 32.1 Å². The predicted molar refractivity (Wildman–Crippen MR) is 63.5 cm³/mol. The molecule has 2 N–H and O–H groups in total. The SMILES string of the molecule is COCCCOCCOC1CCC(N)CC1. The zero-order valence-corrected chi connectivity index (χ0v) is 10.3. The van der Waals surface area contributed by atoms with Crippen LogP contribution in [-0.4, -0.2) is 45.7 Å². The molecule has 0 atom stereocenters. The van der Waals surface area contributed by atoms with Crippen LogP contribution in [-0.2, 0) is 14.2 Å². The third kappa shape index (κ3) is 6.43. The lowest BCUT2D eigenvalue weighted by Gasteiger charge is -2.26. The fourth-order valence-electron chi connectivity index (χ4n) is 1.94. The molecule has 1 rings (SSSR count). The Morgan fingerprint density at radius 2 is 1.75 bits per heavy atom. The van der Waals surface area contributed by atoms with E-state index in [2.05, 4.69) is 0 Å². The van der Waals surface area contributed by atoms with Crippen molar-refractivity contribution in [2.75, 3.05) is 33.5 Å². The lowest BCUT2D eigenvalue weighted by Crippen LogP contribution is -2.30. The van der Waals surface area contributed by atoms with Crippen molar-refractivity contribution in [3.05, 3.63) is 0 Å². The second kappa shape index (κ2) is 8.93. The zero-order chi connectivity index (χ0) is 11.6.